The molecule has 19 heavy (non-hydrogen) atoms. The molecule has 1 saturated carbocycles. The summed E-state index contributed by atoms with van der Waals surface area (Å²) in [5.41, 5.74) is 0.569. The maximum atomic E-state index is 11.4. The van der Waals surface area contributed by atoms with Gasteiger partial charge in [0.05, 0.1) is 0 Å². The minimum absolute atomic E-state index is 0.210. The first-order valence-electron chi connectivity index (χ1n) is 7.06. The highest BCUT2D eigenvalue weighted by atomic mass is 16.3. The summed E-state index contributed by atoms with van der Waals surface area (Å²) in [7, 11) is 0. The van der Waals surface area contributed by atoms with Crippen LogP contribution in [0.25, 0.3) is 0 Å². The van der Waals surface area contributed by atoms with Crippen molar-refractivity contribution in [3.63, 3.8) is 0 Å². The molecule has 104 valence electrons. The second-order valence-electron chi connectivity index (χ2n) is 5.73. The van der Waals surface area contributed by atoms with Crippen LogP contribution in [0.1, 0.15) is 18.5 Å². The Bertz CT molecular complexity index is 488. The molecule has 0 amide bonds. The van der Waals surface area contributed by atoms with Crippen molar-refractivity contribution in [3.05, 3.63) is 28.2 Å². The highest BCUT2D eigenvalue weighted by Gasteiger charge is 2.26. The number of aromatic nitrogens is 1. The zero-order valence-corrected chi connectivity index (χ0v) is 11.1. The molecule has 2 aliphatic rings. The maximum absolute atomic E-state index is 11.4. The molecule has 2 fully saturated rings. The molecule has 3 rings (SSSR count). The third-order valence-electron chi connectivity index (χ3n) is 4.02. The lowest BCUT2D eigenvalue weighted by molar-refractivity contribution is 0.122. The molecular formula is C14H21N3O2. The van der Waals surface area contributed by atoms with Crippen LogP contribution in [0.3, 0.4) is 0 Å². The molecule has 2 N–H and O–H groups in total. The van der Waals surface area contributed by atoms with Crippen molar-refractivity contribution in [1.82, 2.24) is 14.8 Å². The smallest absolute Gasteiger partial charge is 0.223 e. The Kier molecular flexibility index (Phi) is 3.57. The molecule has 5 heteroatoms. The largest absolute Gasteiger partial charge is 0.503 e. The van der Waals surface area contributed by atoms with Gasteiger partial charge >= 0.3 is 0 Å². The standard InChI is InChI=1S/C14H21N3O2/c18-13-7-12(15-8-14(13)19)10-17-5-3-16(4-6-17)9-11-1-2-11/h7-8,11,19H,1-6,9-10H2,(H,15,18). The van der Waals surface area contributed by atoms with Crippen LogP contribution in [0.4, 0.5) is 0 Å². The summed E-state index contributed by atoms with van der Waals surface area (Å²) in [5.74, 6) is 0.748. The lowest BCUT2D eigenvalue weighted by Gasteiger charge is -2.34. The molecular weight excluding hydrogens is 242 g/mol. The Morgan fingerprint density at radius 3 is 2.53 bits per heavy atom. The van der Waals surface area contributed by atoms with Crippen molar-refractivity contribution >= 4 is 0 Å². The average molecular weight is 263 g/mol. The molecule has 0 atom stereocenters. The average Bonchev–Trinajstić information content (AvgIpc) is 3.20. The van der Waals surface area contributed by atoms with Crippen molar-refractivity contribution in [2.75, 3.05) is 32.7 Å². The summed E-state index contributed by atoms with van der Waals surface area (Å²) in [5, 5.41) is 9.21. The molecule has 1 aliphatic heterocycles. The van der Waals surface area contributed by atoms with Gasteiger partial charge < -0.3 is 15.0 Å². The van der Waals surface area contributed by atoms with Crippen molar-refractivity contribution < 1.29 is 5.11 Å². The van der Waals surface area contributed by atoms with Crippen molar-refractivity contribution in [1.29, 1.82) is 0 Å². The van der Waals surface area contributed by atoms with Crippen LogP contribution in [0.2, 0.25) is 0 Å². The summed E-state index contributed by atoms with van der Waals surface area (Å²) in [4.78, 5) is 19.2. The van der Waals surface area contributed by atoms with E-state index < -0.39 is 0 Å². The van der Waals surface area contributed by atoms with Crippen LogP contribution in [-0.4, -0.2) is 52.6 Å². The first-order chi connectivity index (χ1) is 9.20. The maximum Gasteiger partial charge on any atom is 0.223 e. The number of aromatic hydroxyl groups is 1. The summed E-state index contributed by atoms with van der Waals surface area (Å²) < 4.78 is 0. The van der Waals surface area contributed by atoms with Gasteiger partial charge in [-0.25, -0.2) is 0 Å². The van der Waals surface area contributed by atoms with E-state index in [1.807, 2.05) is 0 Å². The highest BCUT2D eigenvalue weighted by Crippen LogP contribution is 2.29. The van der Waals surface area contributed by atoms with Gasteiger partial charge in [-0.15, -0.1) is 0 Å². The quantitative estimate of drug-likeness (QED) is 0.835. The van der Waals surface area contributed by atoms with E-state index in [1.165, 1.54) is 31.6 Å². The van der Waals surface area contributed by atoms with E-state index in [2.05, 4.69) is 14.8 Å². The second-order valence-corrected chi connectivity index (χ2v) is 5.73. The van der Waals surface area contributed by atoms with Crippen LogP contribution in [0.15, 0.2) is 17.1 Å². The van der Waals surface area contributed by atoms with Crippen molar-refractivity contribution in [2.45, 2.75) is 19.4 Å². The number of nitrogens with zero attached hydrogens (tertiary/aromatic N) is 2. The molecule has 2 heterocycles. The minimum atomic E-state index is -0.305. The summed E-state index contributed by atoms with van der Waals surface area (Å²) in [6.45, 7) is 6.37. The van der Waals surface area contributed by atoms with E-state index in [0.29, 0.717) is 0 Å². The van der Waals surface area contributed by atoms with E-state index in [0.717, 1.165) is 44.3 Å². The van der Waals surface area contributed by atoms with Gasteiger partial charge in [0.2, 0.25) is 5.43 Å². The molecule has 0 radical (unpaired) electrons. The molecule has 0 spiro atoms. The predicted octanol–water partition coefficient (Wildman–Crippen LogP) is 0.608. The predicted molar refractivity (Wildman–Crippen MR) is 73.2 cm³/mol. The van der Waals surface area contributed by atoms with Gasteiger partial charge in [0.1, 0.15) is 0 Å². The van der Waals surface area contributed by atoms with Gasteiger partial charge in [-0.2, -0.15) is 0 Å². The Labute approximate surface area is 112 Å². The van der Waals surface area contributed by atoms with Crippen molar-refractivity contribution in [2.24, 2.45) is 5.92 Å². The normalized spacial score (nSPS) is 21.7. The fourth-order valence-electron chi connectivity index (χ4n) is 2.63. The summed E-state index contributed by atoms with van der Waals surface area (Å²) >= 11 is 0. The molecule has 1 aliphatic carbocycles. The number of aromatic amines is 1. The van der Waals surface area contributed by atoms with Crippen LogP contribution >= 0.6 is 0 Å². The first-order valence-corrected chi connectivity index (χ1v) is 7.06. The summed E-state index contributed by atoms with van der Waals surface area (Å²) in [6, 6.07) is 1.49. The van der Waals surface area contributed by atoms with Crippen LogP contribution in [0, 0.1) is 5.92 Å². The van der Waals surface area contributed by atoms with Crippen LogP contribution in [-0.2, 0) is 6.54 Å². The molecule has 0 unspecified atom stereocenters. The fraction of sp³-hybridized carbons (Fsp3) is 0.643. The first kappa shape index (κ1) is 12.7. The van der Waals surface area contributed by atoms with Crippen LogP contribution < -0.4 is 5.43 Å². The molecule has 1 aromatic rings. The van der Waals surface area contributed by atoms with Gasteiger partial charge in [-0.1, -0.05) is 0 Å². The Balaban J connectivity index is 1.50. The van der Waals surface area contributed by atoms with E-state index >= 15 is 0 Å². The molecule has 1 saturated heterocycles. The van der Waals surface area contributed by atoms with E-state index in [1.54, 1.807) is 0 Å². The Hall–Kier alpha value is -1.33. The third kappa shape index (κ3) is 3.36. The lowest BCUT2D eigenvalue weighted by atomic mass is 10.2. The van der Waals surface area contributed by atoms with Gasteiger partial charge in [-0.3, -0.25) is 9.69 Å². The number of H-pyrrole nitrogens is 1. The van der Waals surface area contributed by atoms with Crippen LogP contribution in [0.5, 0.6) is 5.75 Å². The van der Waals surface area contributed by atoms with E-state index in [-0.39, 0.29) is 11.2 Å². The number of piperazine rings is 1. The number of rotatable bonds is 4. The van der Waals surface area contributed by atoms with Gasteiger partial charge in [0.15, 0.2) is 5.75 Å². The van der Waals surface area contributed by atoms with E-state index in [9.17, 15) is 9.90 Å². The molecule has 1 aromatic heterocycles. The second kappa shape index (κ2) is 5.35. The number of hydrogen-bond donors (Lipinski definition) is 2. The topological polar surface area (TPSA) is 59.6 Å². The highest BCUT2D eigenvalue weighted by molar-refractivity contribution is 5.18. The molecule has 0 aromatic carbocycles. The third-order valence-corrected chi connectivity index (χ3v) is 4.02. The zero-order valence-electron chi connectivity index (χ0n) is 11.1. The minimum Gasteiger partial charge on any atom is -0.503 e. The number of hydrogen-bond acceptors (Lipinski definition) is 4. The molecule has 0 bridgehead atoms. The lowest BCUT2D eigenvalue weighted by Crippen LogP contribution is -2.46. The van der Waals surface area contributed by atoms with Crippen molar-refractivity contribution in [3.8, 4) is 5.75 Å². The van der Waals surface area contributed by atoms with Gasteiger partial charge in [0.25, 0.3) is 0 Å². The SMILES string of the molecule is O=c1cc(CN2CCN(CC3CC3)CC2)[nH]cc1O. The zero-order chi connectivity index (χ0) is 13.2. The summed E-state index contributed by atoms with van der Waals surface area (Å²) in [6.07, 6.45) is 4.20. The Morgan fingerprint density at radius 2 is 1.89 bits per heavy atom. The van der Waals surface area contributed by atoms with Gasteiger partial charge in [0, 0.05) is 57.2 Å². The number of pyridine rings is 1. The fourth-order valence-corrected chi connectivity index (χ4v) is 2.63. The number of nitrogens with one attached hydrogen (secondary N) is 1. The Morgan fingerprint density at radius 1 is 1.21 bits per heavy atom. The van der Waals surface area contributed by atoms with Gasteiger partial charge in [-0.05, 0) is 18.8 Å². The monoisotopic (exact) mass is 263 g/mol. The van der Waals surface area contributed by atoms with E-state index in [4.69, 9.17) is 0 Å². The molecule has 5 nitrogen and oxygen atoms in total.